The molecule has 0 saturated carbocycles. The van der Waals surface area contributed by atoms with Crippen LogP contribution in [0.5, 0.6) is 0 Å². The summed E-state index contributed by atoms with van der Waals surface area (Å²) >= 11 is 1.13. The van der Waals surface area contributed by atoms with Crippen molar-refractivity contribution < 1.29 is 22.3 Å². The predicted molar refractivity (Wildman–Crippen MR) is 110 cm³/mol. The maximum atomic E-state index is 13.1. The molecule has 0 fully saturated rings. The minimum Gasteiger partial charge on any atom is -0.465 e. The molecular weight excluding hydrogens is 415 g/mol. The molecule has 0 aliphatic carbocycles. The molecule has 1 aromatic carbocycles. The highest BCUT2D eigenvalue weighted by atomic mass is 32.2. The second kappa shape index (κ2) is 8.91. The lowest BCUT2D eigenvalue weighted by Gasteiger charge is -2.28. The van der Waals surface area contributed by atoms with Gasteiger partial charge in [-0.25, -0.2) is 22.3 Å². The lowest BCUT2D eigenvalue weighted by atomic mass is 10.0. The number of carbonyl (C=O) groups is 1. The molecule has 0 amide bonds. The third-order valence-electron chi connectivity index (χ3n) is 4.74. The first-order chi connectivity index (χ1) is 13.7. The quantitative estimate of drug-likeness (QED) is 0.670. The van der Waals surface area contributed by atoms with Crippen LogP contribution in [0, 0.1) is 11.7 Å². The summed E-state index contributed by atoms with van der Waals surface area (Å²) in [5.74, 6) is -0.527. The molecule has 0 bridgehead atoms. The van der Waals surface area contributed by atoms with E-state index in [-0.39, 0.29) is 22.1 Å². The lowest BCUT2D eigenvalue weighted by Crippen LogP contribution is -2.33. The third kappa shape index (κ3) is 5.03. The van der Waals surface area contributed by atoms with Gasteiger partial charge in [0, 0.05) is 31.1 Å². The van der Waals surface area contributed by atoms with E-state index in [1.165, 1.54) is 31.4 Å². The van der Waals surface area contributed by atoms with Crippen molar-refractivity contribution in [2.24, 2.45) is 5.92 Å². The molecule has 0 unspecified atom stereocenters. The van der Waals surface area contributed by atoms with Crippen LogP contribution in [0.4, 0.5) is 4.39 Å². The van der Waals surface area contributed by atoms with Crippen LogP contribution >= 0.6 is 11.3 Å². The number of sulfonamides is 1. The van der Waals surface area contributed by atoms with Gasteiger partial charge in [0.1, 0.15) is 10.0 Å². The van der Waals surface area contributed by atoms with Gasteiger partial charge >= 0.3 is 5.97 Å². The number of benzene rings is 1. The monoisotopic (exact) mass is 440 g/mol. The van der Waals surface area contributed by atoms with Gasteiger partial charge in [-0.2, -0.15) is 0 Å². The molecule has 0 radical (unpaired) electrons. The Bertz CT molecular complexity index is 985. The van der Waals surface area contributed by atoms with Crippen LogP contribution in [0.1, 0.15) is 40.2 Å². The standard InChI is InChI=1S/C20H25FN2O4S2/c1-13(2)11-23-9-8-16-17(12-23)28-20(18(16)19(24)27-3)29(25,26)22-10-14-4-6-15(21)7-5-14/h4-7,13,22H,8-12H2,1-3H3. The van der Waals surface area contributed by atoms with E-state index in [4.69, 9.17) is 4.74 Å². The number of esters is 1. The number of thiophene rings is 1. The van der Waals surface area contributed by atoms with E-state index in [0.29, 0.717) is 24.4 Å². The van der Waals surface area contributed by atoms with Gasteiger partial charge in [0.15, 0.2) is 0 Å². The average molecular weight is 441 g/mol. The van der Waals surface area contributed by atoms with Crippen molar-refractivity contribution in [3.8, 4) is 0 Å². The number of hydrogen-bond donors (Lipinski definition) is 1. The van der Waals surface area contributed by atoms with Crippen LogP contribution in [-0.2, 0) is 34.3 Å². The van der Waals surface area contributed by atoms with Gasteiger partial charge < -0.3 is 4.74 Å². The fourth-order valence-corrected chi connectivity index (χ4v) is 6.43. The lowest BCUT2D eigenvalue weighted by molar-refractivity contribution is 0.0595. The molecule has 9 heteroatoms. The summed E-state index contributed by atoms with van der Waals surface area (Å²) in [6.07, 6.45) is 0.608. The van der Waals surface area contributed by atoms with E-state index in [2.05, 4.69) is 23.5 Å². The van der Waals surface area contributed by atoms with Crippen LogP contribution in [0.15, 0.2) is 28.5 Å². The molecule has 6 nitrogen and oxygen atoms in total. The van der Waals surface area contributed by atoms with Crippen molar-refractivity contribution in [2.45, 2.75) is 37.6 Å². The Morgan fingerprint density at radius 2 is 2.00 bits per heavy atom. The number of nitrogens with one attached hydrogen (secondary N) is 1. The van der Waals surface area contributed by atoms with Crippen molar-refractivity contribution in [2.75, 3.05) is 20.2 Å². The van der Waals surface area contributed by atoms with Crippen LogP contribution in [-0.4, -0.2) is 39.5 Å². The smallest absolute Gasteiger partial charge is 0.340 e. The van der Waals surface area contributed by atoms with Gasteiger partial charge in [0.25, 0.3) is 10.0 Å². The Morgan fingerprint density at radius 3 is 2.62 bits per heavy atom. The molecule has 1 aliphatic heterocycles. The number of rotatable bonds is 7. The van der Waals surface area contributed by atoms with Crippen LogP contribution in [0.3, 0.4) is 0 Å². The Kier molecular flexibility index (Phi) is 6.72. The van der Waals surface area contributed by atoms with Gasteiger partial charge in [0.05, 0.1) is 12.7 Å². The summed E-state index contributed by atoms with van der Waals surface area (Å²) in [5, 5.41) is 0. The normalized spacial score (nSPS) is 14.8. The summed E-state index contributed by atoms with van der Waals surface area (Å²) < 4.78 is 46.4. The zero-order valence-electron chi connectivity index (χ0n) is 16.7. The molecule has 0 atom stereocenters. The van der Waals surface area contributed by atoms with Gasteiger partial charge in [-0.3, -0.25) is 4.90 Å². The zero-order valence-corrected chi connectivity index (χ0v) is 18.3. The van der Waals surface area contributed by atoms with E-state index < -0.39 is 16.0 Å². The molecule has 29 heavy (non-hydrogen) atoms. The van der Waals surface area contributed by atoms with E-state index in [1.807, 2.05) is 0 Å². The minimum atomic E-state index is -3.93. The van der Waals surface area contributed by atoms with Gasteiger partial charge in [-0.05, 0) is 35.6 Å². The summed E-state index contributed by atoms with van der Waals surface area (Å²) in [6.45, 7) is 6.59. The maximum absolute atomic E-state index is 13.1. The Balaban J connectivity index is 1.90. The number of ether oxygens (including phenoxy) is 1. The van der Waals surface area contributed by atoms with Gasteiger partial charge in [0.2, 0.25) is 0 Å². The van der Waals surface area contributed by atoms with Crippen molar-refractivity contribution >= 4 is 27.3 Å². The number of nitrogens with zero attached hydrogens (tertiary/aromatic N) is 1. The molecule has 0 spiro atoms. The third-order valence-corrected chi connectivity index (χ3v) is 7.88. The summed E-state index contributed by atoms with van der Waals surface area (Å²) in [7, 11) is -2.68. The number of methoxy groups -OCH3 is 1. The zero-order chi connectivity index (χ0) is 21.2. The summed E-state index contributed by atoms with van der Waals surface area (Å²) in [4.78, 5) is 15.6. The first-order valence-corrected chi connectivity index (χ1v) is 11.7. The van der Waals surface area contributed by atoms with Crippen molar-refractivity contribution in [3.63, 3.8) is 0 Å². The highest BCUT2D eigenvalue weighted by molar-refractivity contribution is 7.91. The van der Waals surface area contributed by atoms with Crippen LogP contribution in [0.2, 0.25) is 0 Å². The second-order valence-corrected chi connectivity index (χ2v) is 10.6. The van der Waals surface area contributed by atoms with Gasteiger partial charge in [-0.1, -0.05) is 26.0 Å². The van der Waals surface area contributed by atoms with E-state index in [1.54, 1.807) is 0 Å². The highest BCUT2D eigenvalue weighted by Gasteiger charge is 2.34. The summed E-state index contributed by atoms with van der Waals surface area (Å²) in [5.41, 5.74) is 1.53. The molecule has 2 aromatic rings. The SMILES string of the molecule is COC(=O)c1c(S(=O)(=O)NCc2ccc(F)cc2)sc2c1CCN(CC(C)C)C2. The molecule has 1 N–H and O–H groups in total. The minimum absolute atomic E-state index is 0.00523. The predicted octanol–water partition coefficient (Wildman–Crippen LogP) is 3.17. The molecule has 1 aromatic heterocycles. The van der Waals surface area contributed by atoms with E-state index >= 15 is 0 Å². The first-order valence-electron chi connectivity index (χ1n) is 9.40. The largest absolute Gasteiger partial charge is 0.465 e. The number of hydrogen-bond acceptors (Lipinski definition) is 6. The first kappa shape index (κ1) is 21.9. The topological polar surface area (TPSA) is 75.7 Å². The fraction of sp³-hybridized carbons (Fsp3) is 0.450. The molecular formula is C20H25FN2O4S2. The number of fused-ring (bicyclic) bond motifs is 1. The number of halogens is 1. The Hall–Kier alpha value is -1.81. The second-order valence-electron chi connectivity index (χ2n) is 7.49. The molecule has 3 rings (SSSR count). The summed E-state index contributed by atoms with van der Waals surface area (Å²) in [6, 6.07) is 5.58. The molecule has 0 saturated heterocycles. The molecule has 2 heterocycles. The highest BCUT2D eigenvalue weighted by Crippen LogP contribution is 2.36. The Morgan fingerprint density at radius 1 is 1.31 bits per heavy atom. The maximum Gasteiger partial charge on any atom is 0.340 e. The average Bonchev–Trinajstić information content (AvgIpc) is 3.06. The van der Waals surface area contributed by atoms with Crippen LogP contribution < -0.4 is 4.72 Å². The molecule has 158 valence electrons. The Labute approximate surface area is 174 Å². The van der Waals surface area contributed by atoms with Crippen molar-refractivity contribution in [1.29, 1.82) is 0 Å². The van der Waals surface area contributed by atoms with Crippen molar-refractivity contribution in [3.05, 3.63) is 51.7 Å². The van der Waals surface area contributed by atoms with Gasteiger partial charge in [-0.15, -0.1) is 11.3 Å². The van der Waals surface area contributed by atoms with Crippen LogP contribution in [0.25, 0.3) is 0 Å². The number of carbonyl (C=O) groups excluding carboxylic acids is 1. The van der Waals surface area contributed by atoms with E-state index in [0.717, 1.165) is 34.9 Å². The van der Waals surface area contributed by atoms with Crippen molar-refractivity contribution in [1.82, 2.24) is 9.62 Å². The van der Waals surface area contributed by atoms with E-state index in [9.17, 15) is 17.6 Å². The molecule has 1 aliphatic rings. The fourth-order valence-electron chi connectivity index (χ4n) is 3.45.